The van der Waals surface area contributed by atoms with Crippen LogP contribution in [0.15, 0.2) is 51.8 Å². The van der Waals surface area contributed by atoms with Crippen molar-refractivity contribution < 1.29 is 76.9 Å². The van der Waals surface area contributed by atoms with E-state index < -0.39 is 131 Å². The number of nitrogens with two attached hydrogens (primary N) is 2. The first kappa shape index (κ1) is 59.0. The number of hydrogen-bond donors (Lipinski definition) is 4. The minimum absolute atomic E-state index is 0.0469. The van der Waals surface area contributed by atoms with E-state index in [1.807, 2.05) is 20.8 Å². The van der Waals surface area contributed by atoms with Crippen molar-refractivity contribution in [2.45, 2.75) is 140 Å². The molecule has 8 bridgehead atoms. The molecule has 6 N–H and O–H groups in total. The smallest absolute Gasteiger partial charge is 0.416 e. The maximum Gasteiger partial charge on any atom is 0.426 e. The maximum atomic E-state index is 14.0. The largest absolute Gasteiger partial charge is 0.426 e. The van der Waals surface area contributed by atoms with Gasteiger partial charge < -0.3 is 40.3 Å². The average Bonchev–Trinajstić information content (AvgIpc) is 4.07. The summed E-state index contributed by atoms with van der Waals surface area (Å²) in [5.41, 5.74) is 2.00. The number of aromatic nitrogens is 6. The molecule has 77 heavy (non-hydrogen) atoms. The number of pyridine rings is 2. The van der Waals surface area contributed by atoms with E-state index in [0.717, 1.165) is 27.0 Å². The van der Waals surface area contributed by atoms with Crippen LogP contribution < -0.4 is 11.5 Å². The summed E-state index contributed by atoms with van der Waals surface area (Å²) >= 11 is 0. The highest BCUT2D eigenvalue weighted by atomic mass is 19.4. The third-order valence-corrected chi connectivity index (χ3v) is 13.0. The molecule has 2 atom stereocenters. The van der Waals surface area contributed by atoms with Crippen molar-refractivity contribution >= 4 is 28.8 Å². The summed E-state index contributed by atoms with van der Waals surface area (Å²) in [6, 6.07) is 9.44. The van der Waals surface area contributed by atoms with Crippen LogP contribution in [0.2, 0.25) is 0 Å². The molecule has 2 aliphatic heterocycles. The molecule has 6 heterocycles. The summed E-state index contributed by atoms with van der Waals surface area (Å²) in [4.78, 5) is 37.0. The Morgan fingerprint density at radius 1 is 0.740 bits per heavy atom. The van der Waals surface area contributed by atoms with E-state index in [1.165, 1.54) is 0 Å². The van der Waals surface area contributed by atoms with Gasteiger partial charge in [-0.3, -0.25) is 9.59 Å². The van der Waals surface area contributed by atoms with Gasteiger partial charge in [0.2, 0.25) is 11.2 Å². The molecular formula is C49H52F11N11O6. The third kappa shape index (κ3) is 12.5. The Balaban J connectivity index is 0.000000246. The van der Waals surface area contributed by atoms with Gasteiger partial charge in [-0.25, -0.2) is 18.7 Å². The summed E-state index contributed by atoms with van der Waals surface area (Å²) in [5.74, 6) is -8.49. The molecule has 416 valence electrons. The van der Waals surface area contributed by atoms with Crippen molar-refractivity contribution in [2.24, 2.45) is 0 Å². The van der Waals surface area contributed by atoms with Crippen molar-refractivity contribution in [3.05, 3.63) is 88.4 Å². The maximum absolute atomic E-state index is 14.0. The number of amides is 2. The predicted molar refractivity (Wildman–Crippen MR) is 251 cm³/mol. The summed E-state index contributed by atoms with van der Waals surface area (Å²) in [7, 11) is 0. The molecule has 8 rings (SSSR count). The van der Waals surface area contributed by atoms with E-state index in [-0.39, 0.29) is 75.1 Å². The minimum Gasteiger partial charge on any atom is -0.416 e. The van der Waals surface area contributed by atoms with Crippen LogP contribution in [0.3, 0.4) is 0 Å². The molecule has 1 aliphatic carbocycles. The van der Waals surface area contributed by atoms with Gasteiger partial charge in [0.1, 0.15) is 17.5 Å². The number of nitrogen functional groups attached to an aromatic ring is 2. The number of allylic oxidation sites excluding steroid dienone is 1. The van der Waals surface area contributed by atoms with Crippen LogP contribution in [0.4, 0.5) is 59.7 Å². The van der Waals surface area contributed by atoms with Gasteiger partial charge in [0.15, 0.2) is 11.4 Å². The van der Waals surface area contributed by atoms with E-state index in [1.54, 1.807) is 30.3 Å². The van der Waals surface area contributed by atoms with Crippen molar-refractivity contribution in [1.82, 2.24) is 40.2 Å². The lowest BCUT2D eigenvalue weighted by Gasteiger charge is -2.42. The molecule has 0 radical (unpaired) electrons. The fourth-order valence-corrected chi connectivity index (χ4v) is 8.55. The van der Waals surface area contributed by atoms with Gasteiger partial charge in [0, 0.05) is 38.5 Å². The van der Waals surface area contributed by atoms with Crippen molar-refractivity contribution in [2.75, 3.05) is 24.6 Å². The van der Waals surface area contributed by atoms with Crippen molar-refractivity contribution in [1.29, 1.82) is 5.26 Å². The normalized spacial score (nSPS) is 20.5. The van der Waals surface area contributed by atoms with Crippen LogP contribution in [-0.2, 0) is 23.9 Å². The first-order chi connectivity index (χ1) is 36.0. The number of anilines is 2. The first-order valence-electron chi connectivity index (χ1n) is 24.1. The lowest BCUT2D eigenvalue weighted by Crippen LogP contribution is -2.53. The van der Waals surface area contributed by atoms with Crippen LogP contribution in [-0.4, -0.2) is 99.6 Å². The van der Waals surface area contributed by atoms with Crippen LogP contribution in [0.1, 0.15) is 146 Å². The number of alkyl halides is 11. The number of halogens is 11. The molecule has 4 aromatic heterocycles. The number of carbonyl (C=O) groups excluding carboxylic acids is 2. The number of hydrogen-bond acceptors (Lipinski definition) is 15. The predicted octanol–water partition coefficient (Wildman–Crippen LogP) is 10.3. The number of nitrogens with zero attached hydrogens (tertiary/aromatic N) is 9. The fourth-order valence-electron chi connectivity index (χ4n) is 8.55. The highest BCUT2D eigenvalue weighted by Crippen LogP contribution is 2.46. The average molecular weight is 1100 g/mol. The highest BCUT2D eigenvalue weighted by Gasteiger charge is 2.60. The van der Waals surface area contributed by atoms with E-state index >= 15 is 0 Å². The second-order valence-corrected chi connectivity index (χ2v) is 18.2. The number of fused-ring (bicyclic) bond motifs is 10. The molecule has 5 aromatic rings. The molecule has 1 saturated carbocycles. The van der Waals surface area contributed by atoms with Crippen molar-refractivity contribution in [3.8, 4) is 29.2 Å². The summed E-state index contributed by atoms with van der Waals surface area (Å²) < 4.78 is 162. The highest BCUT2D eigenvalue weighted by molar-refractivity contribution is 5.97. The molecule has 2 unspecified atom stereocenters. The monoisotopic (exact) mass is 1100 g/mol. The Bertz CT molecular complexity index is 2980. The molecule has 2 amide bonds. The number of nitriles is 1. The van der Waals surface area contributed by atoms with Gasteiger partial charge in [0.25, 0.3) is 41.3 Å². The van der Waals surface area contributed by atoms with Crippen LogP contribution in [0, 0.1) is 11.3 Å². The molecule has 17 nitrogen and oxygen atoms in total. The Morgan fingerprint density at radius 2 is 1.23 bits per heavy atom. The van der Waals surface area contributed by atoms with Gasteiger partial charge in [-0.1, -0.05) is 64.5 Å². The summed E-state index contributed by atoms with van der Waals surface area (Å²) in [5, 5.41) is 44.0. The SMILES string of the molecule is C=C(CC)c1ccc(CN2CCCCCC(O)(C(F)(F)F)c3nnc(o3)-c3nc(c(C(F)(F)F)cc3N)C2=O)cc1.CC.N#Cc1cc(N)c2nc1C(=O)N(C1CC(F)(F)C1)CCCCCC(O)(C(F)(F)F)c1nnc-2o1. The Hall–Kier alpha value is -7.28. The molecular weight excluding hydrogens is 1050 g/mol. The van der Waals surface area contributed by atoms with Crippen LogP contribution in [0.5, 0.6) is 0 Å². The molecule has 1 aromatic carbocycles. The molecule has 0 saturated heterocycles. The van der Waals surface area contributed by atoms with E-state index in [0.29, 0.717) is 18.1 Å². The van der Waals surface area contributed by atoms with Gasteiger partial charge in [-0.2, -0.15) is 44.8 Å². The number of carbonyl (C=O) groups is 2. The minimum atomic E-state index is -5.20. The van der Waals surface area contributed by atoms with Crippen molar-refractivity contribution in [3.63, 3.8) is 0 Å². The standard InChI is InChI=1S/C27H27F6N5O3.C20H19F5N6O3.C2H6/c1-3-15(2)17-9-7-16(8-10-17)14-38-12-6-4-5-11-25(40,27(31,32)33)24-37-36-22(41-24)21-19(34)13-18(26(28,29)30)20(35-21)23(38)39;21-18(22)7-11(8-18)31-5-3-1-2-4-19(33,20(23,24)25)17-30-29-15(34-17)14-12(27)6-10(9-26)13(28-14)16(31)32;1-2/h7-10,13,40H,2-6,11-12,14,34H2,1H3;6,11,33H,1-5,7-8,27H2;1-2H3. The second-order valence-electron chi connectivity index (χ2n) is 18.2. The fraction of sp³-hybridized carbons (Fsp3) is 0.490. The number of benzene rings is 1. The Kier molecular flexibility index (Phi) is 17.4. The zero-order valence-corrected chi connectivity index (χ0v) is 41.5. The van der Waals surface area contributed by atoms with E-state index in [2.05, 4.69) is 36.9 Å². The lowest BCUT2D eigenvalue weighted by molar-refractivity contribution is -0.277. The van der Waals surface area contributed by atoms with Gasteiger partial charge >= 0.3 is 18.5 Å². The zero-order valence-electron chi connectivity index (χ0n) is 41.5. The first-order valence-corrected chi connectivity index (χ1v) is 24.1. The van der Waals surface area contributed by atoms with Gasteiger partial charge in [0.05, 0.1) is 22.5 Å². The van der Waals surface area contributed by atoms with Gasteiger partial charge in [-0.05, 0) is 73.8 Å². The molecule has 0 spiro atoms. The van der Waals surface area contributed by atoms with Gasteiger partial charge in [-0.15, -0.1) is 20.4 Å². The van der Waals surface area contributed by atoms with E-state index in [9.17, 15) is 73.4 Å². The summed E-state index contributed by atoms with van der Waals surface area (Å²) in [6.07, 6.45) is -17.2. The molecule has 3 aliphatic rings. The Morgan fingerprint density at radius 3 is 1.70 bits per heavy atom. The molecule has 1 fully saturated rings. The number of rotatable bonds is 5. The lowest BCUT2D eigenvalue weighted by atomic mass is 9.86. The zero-order chi connectivity index (χ0) is 57.1. The molecule has 28 heteroatoms. The number of aliphatic hydroxyl groups is 2. The van der Waals surface area contributed by atoms with Crippen LogP contribution >= 0.6 is 0 Å². The van der Waals surface area contributed by atoms with Crippen LogP contribution in [0.25, 0.3) is 28.7 Å². The quantitative estimate of drug-likeness (QED) is 0.119. The third-order valence-electron chi connectivity index (χ3n) is 13.0. The van der Waals surface area contributed by atoms with E-state index in [4.69, 9.17) is 20.3 Å². The second kappa shape index (κ2) is 22.7. The topological polar surface area (TPSA) is 261 Å². The summed E-state index contributed by atoms with van der Waals surface area (Å²) in [6.45, 7) is 9.66. The Labute approximate surface area is 432 Å².